The van der Waals surface area contributed by atoms with Gasteiger partial charge in [0.2, 0.25) is 5.91 Å². The van der Waals surface area contributed by atoms with E-state index in [0.29, 0.717) is 5.75 Å². The molecule has 0 aliphatic rings. The quantitative estimate of drug-likeness (QED) is 0.814. The number of rotatable bonds is 6. The zero-order chi connectivity index (χ0) is 15.1. The Morgan fingerprint density at radius 2 is 1.81 bits per heavy atom. The van der Waals surface area contributed by atoms with Gasteiger partial charge in [-0.05, 0) is 30.2 Å². The van der Waals surface area contributed by atoms with Crippen molar-refractivity contribution in [1.82, 2.24) is 5.32 Å². The number of nitrogens with one attached hydrogen (secondary N) is 1. The molecule has 4 heteroatoms. The number of carbonyl (C=O) groups is 1. The van der Waals surface area contributed by atoms with Crippen molar-refractivity contribution >= 4 is 33.6 Å². The first kappa shape index (κ1) is 16.1. The van der Waals surface area contributed by atoms with Gasteiger partial charge in [0.15, 0.2) is 0 Å². The third kappa shape index (κ3) is 5.56. The van der Waals surface area contributed by atoms with E-state index < -0.39 is 0 Å². The van der Waals surface area contributed by atoms with Gasteiger partial charge in [-0.2, -0.15) is 0 Å². The van der Waals surface area contributed by atoms with Crippen LogP contribution in [0.1, 0.15) is 24.1 Å². The van der Waals surface area contributed by atoms with Crippen molar-refractivity contribution in [2.75, 3.05) is 5.75 Å². The van der Waals surface area contributed by atoms with Gasteiger partial charge in [-0.15, -0.1) is 11.8 Å². The highest BCUT2D eigenvalue weighted by atomic mass is 79.9. The average Bonchev–Trinajstić information content (AvgIpc) is 2.49. The van der Waals surface area contributed by atoms with Crippen LogP contribution in [0.15, 0.2) is 59.1 Å². The molecule has 0 bridgehead atoms. The van der Waals surface area contributed by atoms with Crippen LogP contribution >= 0.6 is 27.7 Å². The number of hydrogen-bond donors (Lipinski definition) is 1. The van der Waals surface area contributed by atoms with E-state index in [4.69, 9.17) is 0 Å². The van der Waals surface area contributed by atoms with Crippen molar-refractivity contribution in [2.24, 2.45) is 0 Å². The molecule has 0 saturated carbocycles. The smallest absolute Gasteiger partial charge is 0.230 e. The molecule has 0 spiro atoms. The van der Waals surface area contributed by atoms with Crippen molar-refractivity contribution in [3.8, 4) is 0 Å². The van der Waals surface area contributed by atoms with Crippen molar-refractivity contribution in [3.63, 3.8) is 0 Å². The molecule has 0 heterocycles. The Bertz CT molecular complexity index is 571. The van der Waals surface area contributed by atoms with Crippen molar-refractivity contribution in [1.29, 1.82) is 0 Å². The van der Waals surface area contributed by atoms with Crippen molar-refractivity contribution in [3.05, 3.63) is 70.2 Å². The van der Waals surface area contributed by atoms with E-state index in [0.717, 1.165) is 15.8 Å². The van der Waals surface area contributed by atoms with Gasteiger partial charge in [0, 0.05) is 10.2 Å². The predicted molar refractivity (Wildman–Crippen MR) is 93.3 cm³/mol. The summed E-state index contributed by atoms with van der Waals surface area (Å²) in [4.78, 5) is 11.9. The van der Waals surface area contributed by atoms with Crippen LogP contribution in [0.2, 0.25) is 0 Å². The van der Waals surface area contributed by atoms with E-state index in [9.17, 15) is 4.79 Å². The maximum atomic E-state index is 11.9. The maximum absolute atomic E-state index is 11.9. The van der Waals surface area contributed by atoms with Gasteiger partial charge in [0.1, 0.15) is 0 Å². The van der Waals surface area contributed by atoms with Crippen LogP contribution < -0.4 is 5.32 Å². The molecule has 0 aromatic heterocycles. The third-order valence-electron chi connectivity index (χ3n) is 3.09. The number of thioether (sulfide) groups is 1. The molecule has 2 nitrogen and oxygen atoms in total. The fourth-order valence-corrected chi connectivity index (χ4v) is 3.02. The standard InChI is InChI=1S/C17H18BrNOS/c1-13(15-7-9-16(18)10-8-15)19-17(20)12-21-11-14-5-3-2-4-6-14/h2-10,13H,11-12H2,1H3,(H,19,20)/t13-/m1/s1. The Morgan fingerprint density at radius 3 is 2.48 bits per heavy atom. The molecule has 0 saturated heterocycles. The molecular weight excluding hydrogens is 346 g/mol. The summed E-state index contributed by atoms with van der Waals surface area (Å²) in [5, 5.41) is 3.03. The van der Waals surface area contributed by atoms with E-state index >= 15 is 0 Å². The second-order valence-corrected chi connectivity index (χ2v) is 6.72. The minimum absolute atomic E-state index is 0.0305. The topological polar surface area (TPSA) is 29.1 Å². The lowest BCUT2D eigenvalue weighted by Gasteiger charge is -2.14. The first-order valence-electron chi connectivity index (χ1n) is 6.81. The minimum Gasteiger partial charge on any atom is -0.349 e. The van der Waals surface area contributed by atoms with Crippen LogP contribution in [0.5, 0.6) is 0 Å². The second-order valence-electron chi connectivity index (χ2n) is 4.82. The Kier molecular flexibility index (Phi) is 6.33. The Labute approximate surface area is 138 Å². The molecule has 0 radical (unpaired) electrons. The highest BCUT2D eigenvalue weighted by Gasteiger charge is 2.09. The highest BCUT2D eigenvalue weighted by Crippen LogP contribution is 2.17. The normalized spacial score (nSPS) is 11.9. The van der Waals surface area contributed by atoms with E-state index in [1.165, 1.54) is 5.56 Å². The molecule has 21 heavy (non-hydrogen) atoms. The van der Waals surface area contributed by atoms with E-state index in [1.54, 1.807) is 11.8 Å². The van der Waals surface area contributed by atoms with Crippen LogP contribution in [0.3, 0.4) is 0 Å². The summed E-state index contributed by atoms with van der Waals surface area (Å²) in [7, 11) is 0. The molecule has 0 aliphatic heterocycles. The fraction of sp³-hybridized carbons (Fsp3) is 0.235. The molecule has 1 amide bonds. The van der Waals surface area contributed by atoms with Gasteiger partial charge in [0.05, 0.1) is 11.8 Å². The van der Waals surface area contributed by atoms with Gasteiger partial charge in [-0.25, -0.2) is 0 Å². The van der Waals surface area contributed by atoms with Gasteiger partial charge >= 0.3 is 0 Å². The van der Waals surface area contributed by atoms with Crippen LogP contribution in [0.4, 0.5) is 0 Å². The maximum Gasteiger partial charge on any atom is 0.230 e. The summed E-state index contributed by atoms with van der Waals surface area (Å²) in [6, 6.07) is 18.2. The van der Waals surface area contributed by atoms with Crippen LogP contribution in [0, 0.1) is 0 Å². The molecular formula is C17H18BrNOS. The van der Waals surface area contributed by atoms with Crippen LogP contribution in [-0.2, 0) is 10.5 Å². The van der Waals surface area contributed by atoms with Crippen molar-refractivity contribution < 1.29 is 4.79 Å². The molecule has 2 rings (SSSR count). The van der Waals surface area contributed by atoms with Crippen LogP contribution in [-0.4, -0.2) is 11.7 Å². The lowest BCUT2D eigenvalue weighted by Crippen LogP contribution is -2.28. The van der Waals surface area contributed by atoms with Gasteiger partial charge in [-0.1, -0.05) is 58.4 Å². The fourth-order valence-electron chi connectivity index (χ4n) is 1.95. The predicted octanol–water partition coefficient (Wildman–Crippen LogP) is 4.56. The first-order chi connectivity index (χ1) is 10.1. The number of amides is 1. The molecule has 1 N–H and O–H groups in total. The van der Waals surface area contributed by atoms with E-state index in [2.05, 4.69) is 33.4 Å². The van der Waals surface area contributed by atoms with Gasteiger partial charge in [-0.3, -0.25) is 4.79 Å². The number of carbonyl (C=O) groups excluding carboxylic acids is 1. The number of halogens is 1. The summed E-state index contributed by atoms with van der Waals surface area (Å²) in [5.74, 6) is 1.42. The zero-order valence-electron chi connectivity index (χ0n) is 11.9. The largest absolute Gasteiger partial charge is 0.349 e. The van der Waals surface area contributed by atoms with E-state index in [1.807, 2.05) is 49.4 Å². The Balaban J connectivity index is 1.75. The van der Waals surface area contributed by atoms with Gasteiger partial charge in [0.25, 0.3) is 0 Å². The summed E-state index contributed by atoms with van der Waals surface area (Å²) < 4.78 is 1.04. The molecule has 0 fully saturated rings. The lowest BCUT2D eigenvalue weighted by molar-refractivity contribution is -0.119. The number of hydrogen-bond acceptors (Lipinski definition) is 2. The summed E-state index contributed by atoms with van der Waals surface area (Å²) in [6.07, 6.45) is 0. The van der Waals surface area contributed by atoms with Crippen LogP contribution in [0.25, 0.3) is 0 Å². The molecule has 2 aromatic carbocycles. The molecule has 1 atom stereocenters. The Hall–Kier alpha value is -1.26. The minimum atomic E-state index is 0.0305. The zero-order valence-corrected chi connectivity index (χ0v) is 14.3. The summed E-state index contributed by atoms with van der Waals surface area (Å²) in [6.45, 7) is 2.00. The summed E-state index contributed by atoms with van der Waals surface area (Å²) >= 11 is 5.05. The second kappa shape index (κ2) is 8.25. The van der Waals surface area contributed by atoms with E-state index in [-0.39, 0.29) is 11.9 Å². The van der Waals surface area contributed by atoms with Gasteiger partial charge < -0.3 is 5.32 Å². The summed E-state index contributed by atoms with van der Waals surface area (Å²) in [5.41, 5.74) is 2.36. The number of benzene rings is 2. The lowest BCUT2D eigenvalue weighted by atomic mass is 10.1. The average molecular weight is 364 g/mol. The molecule has 0 aliphatic carbocycles. The molecule has 2 aromatic rings. The highest BCUT2D eigenvalue weighted by molar-refractivity contribution is 9.10. The molecule has 110 valence electrons. The Morgan fingerprint density at radius 1 is 1.14 bits per heavy atom. The monoisotopic (exact) mass is 363 g/mol. The first-order valence-corrected chi connectivity index (χ1v) is 8.76. The van der Waals surface area contributed by atoms with Crippen molar-refractivity contribution in [2.45, 2.75) is 18.7 Å². The molecule has 0 unspecified atom stereocenters. The third-order valence-corrected chi connectivity index (χ3v) is 4.62. The SMILES string of the molecule is C[C@@H](NC(=O)CSCc1ccccc1)c1ccc(Br)cc1.